The van der Waals surface area contributed by atoms with Crippen LogP contribution in [0.15, 0.2) is 12.3 Å². The maximum absolute atomic E-state index is 12.3. The fraction of sp³-hybridized carbons (Fsp3) is 0.542. The Balaban J connectivity index is 1.44. The zero-order valence-corrected chi connectivity index (χ0v) is 20.5. The molecule has 5 rings (SSSR count). The number of carbonyl (C=O) groups excluding carboxylic acids is 1. The van der Waals surface area contributed by atoms with Gasteiger partial charge in [-0.2, -0.15) is 4.98 Å². The van der Waals surface area contributed by atoms with E-state index in [4.69, 9.17) is 19.7 Å². The molecule has 2 aliphatic carbocycles. The minimum Gasteiger partial charge on any atom is -0.436 e. The van der Waals surface area contributed by atoms with Crippen molar-refractivity contribution in [1.29, 1.82) is 0 Å². The molecule has 0 aromatic carbocycles. The number of anilines is 2. The molecule has 0 spiro atoms. The normalized spacial score (nSPS) is 20.9. The highest BCUT2D eigenvalue weighted by atomic mass is 32.1. The molecule has 3 unspecified atom stereocenters. The van der Waals surface area contributed by atoms with Gasteiger partial charge in [-0.05, 0) is 64.9 Å². The van der Waals surface area contributed by atoms with Crippen molar-refractivity contribution in [2.24, 2.45) is 11.8 Å². The second kappa shape index (κ2) is 9.42. The maximum Gasteiger partial charge on any atom is 0.311 e. The van der Waals surface area contributed by atoms with E-state index in [9.17, 15) is 9.90 Å². The van der Waals surface area contributed by atoms with Gasteiger partial charge in [-0.1, -0.05) is 0 Å². The summed E-state index contributed by atoms with van der Waals surface area (Å²) in [4.78, 5) is 31.1. The van der Waals surface area contributed by atoms with Crippen molar-refractivity contribution in [1.82, 2.24) is 19.9 Å². The first-order chi connectivity index (χ1) is 16.4. The lowest BCUT2D eigenvalue weighted by Crippen LogP contribution is -2.23. The molecule has 0 aliphatic heterocycles. The molecule has 180 valence electrons. The van der Waals surface area contributed by atoms with Gasteiger partial charge in [0.05, 0.1) is 27.6 Å². The summed E-state index contributed by atoms with van der Waals surface area (Å²) in [5.74, 6) is 1.46. The number of thiazole rings is 1. The molecule has 2 saturated carbocycles. The Morgan fingerprint density at radius 3 is 2.76 bits per heavy atom. The molecule has 0 amide bonds. The van der Waals surface area contributed by atoms with Crippen molar-refractivity contribution in [3.8, 4) is 10.6 Å². The summed E-state index contributed by atoms with van der Waals surface area (Å²) in [6.45, 7) is 6.27. The van der Waals surface area contributed by atoms with E-state index in [2.05, 4.69) is 15.6 Å². The number of aromatic nitrogens is 4. The molecule has 9 nitrogen and oxygen atoms in total. The van der Waals surface area contributed by atoms with E-state index in [1.807, 2.05) is 19.9 Å². The van der Waals surface area contributed by atoms with E-state index in [-0.39, 0.29) is 17.9 Å². The highest BCUT2D eigenvalue weighted by molar-refractivity contribution is 7.21. The number of carbonyl (C=O) groups is 1. The molecular weight excluding hydrogens is 452 g/mol. The van der Waals surface area contributed by atoms with Gasteiger partial charge in [0.15, 0.2) is 6.29 Å². The van der Waals surface area contributed by atoms with Crippen LogP contribution in [-0.2, 0) is 9.53 Å². The number of aryl methyl sites for hydroxylation is 2. The van der Waals surface area contributed by atoms with Crippen molar-refractivity contribution >= 4 is 39.3 Å². The second-order valence-corrected chi connectivity index (χ2v) is 10.4. The predicted molar refractivity (Wildman–Crippen MR) is 132 cm³/mol. The van der Waals surface area contributed by atoms with Crippen molar-refractivity contribution in [3.63, 3.8) is 0 Å². The van der Waals surface area contributed by atoms with E-state index >= 15 is 0 Å². The summed E-state index contributed by atoms with van der Waals surface area (Å²) in [7, 11) is 0. The number of hydrogen-bond acceptors (Lipinski definition) is 10. The SMILES string of the molecule is Cc1nc(NCC2CC2)nc(NC2CCC(C(=O)OC(C)O)C2)c1-c1nc2c(C)nccc2s1. The van der Waals surface area contributed by atoms with E-state index in [1.54, 1.807) is 17.5 Å². The van der Waals surface area contributed by atoms with E-state index < -0.39 is 6.29 Å². The average Bonchev–Trinajstić information content (AvgIpc) is 3.31. The Hall–Kier alpha value is -2.85. The van der Waals surface area contributed by atoms with Crippen LogP contribution in [-0.4, -0.2) is 49.9 Å². The third-order valence-corrected chi connectivity index (χ3v) is 7.47. The third-order valence-electron chi connectivity index (χ3n) is 6.43. The zero-order valence-electron chi connectivity index (χ0n) is 19.7. The molecule has 34 heavy (non-hydrogen) atoms. The van der Waals surface area contributed by atoms with Crippen LogP contribution in [0.3, 0.4) is 0 Å². The van der Waals surface area contributed by atoms with Crippen LogP contribution in [0.5, 0.6) is 0 Å². The lowest BCUT2D eigenvalue weighted by Gasteiger charge is -2.18. The summed E-state index contributed by atoms with van der Waals surface area (Å²) in [5, 5.41) is 17.2. The van der Waals surface area contributed by atoms with Gasteiger partial charge in [0.25, 0.3) is 0 Å². The number of aliphatic hydroxyl groups excluding tert-OH is 1. The number of hydrogen-bond donors (Lipinski definition) is 3. The lowest BCUT2D eigenvalue weighted by molar-refractivity contribution is -0.169. The van der Waals surface area contributed by atoms with Crippen LogP contribution in [0, 0.1) is 25.7 Å². The Morgan fingerprint density at radius 1 is 1.21 bits per heavy atom. The number of pyridine rings is 1. The largest absolute Gasteiger partial charge is 0.436 e. The molecule has 2 aliphatic rings. The number of ether oxygens (including phenoxy) is 1. The molecule has 3 N–H and O–H groups in total. The molecule has 3 atom stereocenters. The van der Waals surface area contributed by atoms with Gasteiger partial charge in [-0.25, -0.2) is 9.97 Å². The van der Waals surface area contributed by atoms with Gasteiger partial charge in [0.2, 0.25) is 5.95 Å². The number of rotatable bonds is 8. The van der Waals surface area contributed by atoms with Crippen molar-refractivity contribution in [2.45, 2.75) is 65.2 Å². The van der Waals surface area contributed by atoms with Gasteiger partial charge in [0.1, 0.15) is 16.3 Å². The van der Waals surface area contributed by atoms with Crippen LogP contribution in [0.1, 0.15) is 50.4 Å². The summed E-state index contributed by atoms with van der Waals surface area (Å²) < 4.78 is 6.08. The summed E-state index contributed by atoms with van der Waals surface area (Å²) in [6, 6.07) is 2.04. The van der Waals surface area contributed by atoms with Gasteiger partial charge < -0.3 is 20.5 Å². The van der Waals surface area contributed by atoms with E-state index in [1.165, 1.54) is 19.8 Å². The number of esters is 1. The van der Waals surface area contributed by atoms with Crippen LogP contribution in [0.2, 0.25) is 0 Å². The smallest absolute Gasteiger partial charge is 0.311 e. The Labute approximate surface area is 202 Å². The first-order valence-corrected chi connectivity index (χ1v) is 12.7. The topological polar surface area (TPSA) is 122 Å². The lowest BCUT2D eigenvalue weighted by atomic mass is 10.1. The summed E-state index contributed by atoms with van der Waals surface area (Å²) in [5.41, 5.74) is 3.52. The molecular formula is C24H30N6O3S. The molecule has 2 fully saturated rings. The Bertz CT molecular complexity index is 1210. The van der Waals surface area contributed by atoms with Gasteiger partial charge in [-0.3, -0.25) is 9.78 Å². The number of nitrogens with zero attached hydrogens (tertiary/aromatic N) is 4. The maximum atomic E-state index is 12.3. The minimum absolute atomic E-state index is 0.0636. The first-order valence-electron chi connectivity index (χ1n) is 11.9. The third kappa shape index (κ3) is 4.97. The molecule has 0 saturated heterocycles. The fourth-order valence-corrected chi connectivity index (χ4v) is 5.55. The Kier molecular flexibility index (Phi) is 6.35. The number of fused-ring (bicyclic) bond motifs is 1. The summed E-state index contributed by atoms with van der Waals surface area (Å²) >= 11 is 1.60. The first kappa shape index (κ1) is 22.9. The van der Waals surface area contributed by atoms with Gasteiger partial charge in [0, 0.05) is 18.8 Å². The fourth-order valence-electron chi connectivity index (χ4n) is 4.44. The van der Waals surface area contributed by atoms with Gasteiger partial charge in [-0.15, -0.1) is 11.3 Å². The minimum atomic E-state index is -1.09. The monoisotopic (exact) mass is 482 g/mol. The highest BCUT2D eigenvalue weighted by Gasteiger charge is 2.33. The quantitative estimate of drug-likeness (QED) is 0.322. The van der Waals surface area contributed by atoms with Crippen LogP contribution in [0.25, 0.3) is 20.8 Å². The Morgan fingerprint density at radius 2 is 2.03 bits per heavy atom. The zero-order chi connectivity index (χ0) is 23.8. The van der Waals surface area contributed by atoms with Crippen molar-refractivity contribution < 1.29 is 14.6 Å². The van der Waals surface area contributed by atoms with Crippen molar-refractivity contribution in [2.75, 3.05) is 17.2 Å². The number of nitrogens with one attached hydrogen (secondary N) is 2. The van der Waals surface area contributed by atoms with E-state index in [0.29, 0.717) is 24.7 Å². The molecule has 3 aromatic rings. The van der Waals surface area contributed by atoms with Crippen LogP contribution >= 0.6 is 11.3 Å². The van der Waals surface area contributed by atoms with Crippen LogP contribution in [0.4, 0.5) is 11.8 Å². The van der Waals surface area contributed by atoms with Crippen molar-refractivity contribution in [3.05, 3.63) is 23.7 Å². The van der Waals surface area contributed by atoms with E-state index in [0.717, 1.165) is 51.0 Å². The average molecular weight is 483 g/mol. The predicted octanol–water partition coefficient (Wildman–Crippen LogP) is 4.05. The molecule has 10 heteroatoms. The highest BCUT2D eigenvalue weighted by Crippen LogP contribution is 2.38. The standard InChI is InChI=1S/C24H30N6O3S/c1-12-19(22-29-20-13(2)25-9-8-18(20)34-22)21(30-24(27-12)26-11-15-4-5-15)28-17-7-6-16(10-17)23(32)33-14(3)31/h8-9,14-17,31H,4-7,10-11H2,1-3H3,(H2,26,27,28,30). The van der Waals surface area contributed by atoms with Gasteiger partial charge >= 0.3 is 5.97 Å². The molecule has 0 bridgehead atoms. The summed E-state index contributed by atoms with van der Waals surface area (Å²) in [6.07, 6.45) is 5.37. The van der Waals surface area contributed by atoms with Crippen LogP contribution < -0.4 is 10.6 Å². The number of aliphatic hydroxyl groups is 1. The molecule has 3 aromatic heterocycles. The molecule has 3 heterocycles. The second-order valence-electron chi connectivity index (χ2n) is 9.33. The molecule has 0 radical (unpaired) electrons.